The minimum absolute atomic E-state index is 0.179. The molecular formula is C11H18N2O3S. The summed E-state index contributed by atoms with van der Waals surface area (Å²) in [5, 5.41) is 0. The van der Waals surface area contributed by atoms with Gasteiger partial charge in [0, 0.05) is 25.4 Å². The summed E-state index contributed by atoms with van der Waals surface area (Å²) in [6, 6.07) is 6.03. The molecule has 3 N–H and O–H groups in total. The molecule has 1 aromatic rings. The number of methoxy groups -OCH3 is 1. The monoisotopic (exact) mass is 258 g/mol. The zero-order valence-electron chi connectivity index (χ0n) is 10.0. The molecule has 0 aliphatic carbocycles. The van der Waals surface area contributed by atoms with Crippen molar-refractivity contribution in [2.24, 2.45) is 0 Å². The number of benzene rings is 1. The van der Waals surface area contributed by atoms with E-state index in [9.17, 15) is 8.42 Å². The van der Waals surface area contributed by atoms with E-state index in [0.717, 1.165) is 0 Å². The first kappa shape index (κ1) is 14.0. The van der Waals surface area contributed by atoms with E-state index in [-0.39, 0.29) is 10.9 Å². The Balaban J connectivity index is 2.75. The topological polar surface area (TPSA) is 81.4 Å². The van der Waals surface area contributed by atoms with Crippen LogP contribution >= 0.6 is 0 Å². The molecule has 0 radical (unpaired) electrons. The smallest absolute Gasteiger partial charge is 0.240 e. The van der Waals surface area contributed by atoms with Crippen LogP contribution in [0.3, 0.4) is 0 Å². The summed E-state index contributed by atoms with van der Waals surface area (Å²) >= 11 is 0. The summed E-state index contributed by atoms with van der Waals surface area (Å²) in [4.78, 5) is 0.182. The molecular weight excluding hydrogens is 240 g/mol. The Morgan fingerprint density at radius 2 is 2.18 bits per heavy atom. The van der Waals surface area contributed by atoms with Crippen LogP contribution in [0.25, 0.3) is 0 Å². The predicted molar refractivity (Wildman–Crippen MR) is 67.1 cm³/mol. The summed E-state index contributed by atoms with van der Waals surface area (Å²) in [7, 11) is -1.92. The van der Waals surface area contributed by atoms with E-state index < -0.39 is 10.0 Å². The Hall–Kier alpha value is -1.11. The number of nitrogens with one attached hydrogen (secondary N) is 1. The molecule has 0 fully saturated rings. The van der Waals surface area contributed by atoms with Gasteiger partial charge in [-0.15, -0.1) is 0 Å². The first-order valence-corrected chi connectivity index (χ1v) is 6.81. The third-order valence-electron chi connectivity index (χ3n) is 2.28. The molecule has 5 nitrogen and oxygen atoms in total. The molecule has 1 rings (SSSR count). The molecule has 0 bridgehead atoms. The molecule has 0 spiro atoms. The summed E-state index contributed by atoms with van der Waals surface area (Å²) in [5.41, 5.74) is 5.98. The third-order valence-corrected chi connectivity index (χ3v) is 3.87. The first-order chi connectivity index (χ1) is 7.95. The van der Waals surface area contributed by atoms with Gasteiger partial charge in [-0.3, -0.25) is 0 Å². The number of hydrogen-bond acceptors (Lipinski definition) is 4. The maximum atomic E-state index is 12.0. The van der Waals surface area contributed by atoms with Gasteiger partial charge in [-0.25, -0.2) is 13.1 Å². The minimum atomic E-state index is -3.50. The van der Waals surface area contributed by atoms with E-state index in [1.54, 1.807) is 26.2 Å². The Labute approximate surface area is 102 Å². The van der Waals surface area contributed by atoms with E-state index in [2.05, 4.69) is 4.72 Å². The van der Waals surface area contributed by atoms with E-state index >= 15 is 0 Å². The zero-order valence-corrected chi connectivity index (χ0v) is 10.8. The second kappa shape index (κ2) is 6.00. The van der Waals surface area contributed by atoms with Crippen molar-refractivity contribution in [2.45, 2.75) is 24.3 Å². The van der Waals surface area contributed by atoms with Crippen molar-refractivity contribution in [2.75, 3.05) is 19.5 Å². The highest BCUT2D eigenvalue weighted by Gasteiger charge is 2.17. The van der Waals surface area contributed by atoms with Gasteiger partial charge in [0.25, 0.3) is 0 Å². The Morgan fingerprint density at radius 3 is 2.76 bits per heavy atom. The van der Waals surface area contributed by atoms with Crippen molar-refractivity contribution >= 4 is 15.7 Å². The second-order valence-electron chi connectivity index (χ2n) is 3.88. The van der Waals surface area contributed by atoms with Crippen molar-refractivity contribution in [1.29, 1.82) is 0 Å². The number of nitrogen functional groups attached to an aromatic ring is 1. The highest BCUT2D eigenvalue weighted by molar-refractivity contribution is 7.89. The molecule has 1 unspecified atom stereocenters. The van der Waals surface area contributed by atoms with Crippen molar-refractivity contribution in [1.82, 2.24) is 4.72 Å². The van der Waals surface area contributed by atoms with Crippen LogP contribution in [0.1, 0.15) is 13.3 Å². The van der Waals surface area contributed by atoms with Crippen molar-refractivity contribution in [3.8, 4) is 0 Å². The van der Waals surface area contributed by atoms with Gasteiger partial charge in [0.1, 0.15) is 0 Å². The number of rotatable bonds is 6. The lowest BCUT2D eigenvalue weighted by Gasteiger charge is -2.13. The molecule has 1 aromatic carbocycles. The maximum Gasteiger partial charge on any atom is 0.240 e. The number of anilines is 1. The molecule has 0 heterocycles. The Morgan fingerprint density at radius 1 is 1.47 bits per heavy atom. The van der Waals surface area contributed by atoms with E-state index in [4.69, 9.17) is 10.5 Å². The maximum absolute atomic E-state index is 12.0. The molecule has 0 aromatic heterocycles. The van der Waals surface area contributed by atoms with Crippen LogP contribution in [0, 0.1) is 0 Å². The number of ether oxygens (including phenoxy) is 1. The highest BCUT2D eigenvalue weighted by atomic mass is 32.2. The van der Waals surface area contributed by atoms with Gasteiger partial charge in [-0.2, -0.15) is 0 Å². The molecule has 17 heavy (non-hydrogen) atoms. The van der Waals surface area contributed by atoms with Crippen LogP contribution in [0.15, 0.2) is 29.2 Å². The molecule has 0 aliphatic rings. The van der Waals surface area contributed by atoms with Gasteiger partial charge in [-0.05, 0) is 31.5 Å². The Bertz CT molecular complexity index is 460. The summed E-state index contributed by atoms with van der Waals surface area (Å²) < 4.78 is 31.4. The van der Waals surface area contributed by atoms with Crippen LogP contribution in [-0.2, 0) is 14.8 Å². The largest absolute Gasteiger partial charge is 0.399 e. The summed E-state index contributed by atoms with van der Waals surface area (Å²) in [6.45, 7) is 2.31. The molecule has 96 valence electrons. The highest BCUT2D eigenvalue weighted by Crippen LogP contribution is 2.13. The van der Waals surface area contributed by atoms with Gasteiger partial charge in [0.15, 0.2) is 0 Å². The van der Waals surface area contributed by atoms with Crippen LogP contribution in [0.4, 0.5) is 5.69 Å². The van der Waals surface area contributed by atoms with E-state index in [0.29, 0.717) is 18.7 Å². The fourth-order valence-electron chi connectivity index (χ4n) is 1.37. The third kappa shape index (κ3) is 4.33. The molecule has 1 atom stereocenters. The van der Waals surface area contributed by atoms with E-state index in [1.165, 1.54) is 12.1 Å². The fourth-order valence-corrected chi connectivity index (χ4v) is 2.70. The average molecular weight is 258 g/mol. The van der Waals surface area contributed by atoms with E-state index in [1.807, 2.05) is 0 Å². The lowest BCUT2D eigenvalue weighted by molar-refractivity contribution is 0.188. The predicted octanol–water partition coefficient (Wildman–Crippen LogP) is 0.972. The Kier molecular flexibility index (Phi) is 4.92. The second-order valence-corrected chi connectivity index (χ2v) is 5.59. The lowest BCUT2D eigenvalue weighted by Crippen LogP contribution is -2.33. The number of hydrogen-bond donors (Lipinski definition) is 2. The summed E-state index contributed by atoms with van der Waals surface area (Å²) in [6.07, 6.45) is 0.623. The lowest BCUT2D eigenvalue weighted by atomic mass is 10.3. The normalized spacial score (nSPS) is 13.5. The van der Waals surface area contributed by atoms with Crippen molar-refractivity contribution < 1.29 is 13.2 Å². The van der Waals surface area contributed by atoms with Crippen LogP contribution in [0.5, 0.6) is 0 Å². The quantitative estimate of drug-likeness (QED) is 0.745. The molecule has 0 amide bonds. The summed E-state index contributed by atoms with van der Waals surface area (Å²) in [5.74, 6) is 0. The van der Waals surface area contributed by atoms with Crippen LogP contribution in [0.2, 0.25) is 0 Å². The number of sulfonamides is 1. The van der Waals surface area contributed by atoms with Gasteiger partial charge >= 0.3 is 0 Å². The van der Waals surface area contributed by atoms with Gasteiger partial charge in [-0.1, -0.05) is 6.07 Å². The SMILES string of the molecule is COCCC(C)NS(=O)(=O)c1cccc(N)c1. The van der Waals surface area contributed by atoms with Crippen molar-refractivity contribution in [3.63, 3.8) is 0 Å². The first-order valence-electron chi connectivity index (χ1n) is 5.32. The molecule has 0 saturated carbocycles. The van der Waals surface area contributed by atoms with Crippen LogP contribution in [-0.4, -0.2) is 28.2 Å². The molecule has 6 heteroatoms. The zero-order chi connectivity index (χ0) is 12.9. The van der Waals surface area contributed by atoms with Crippen molar-refractivity contribution in [3.05, 3.63) is 24.3 Å². The number of nitrogens with two attached hydrogens (primary N) is 1. The molecule has 0 saturated heterocycles. The molecule has 0 aliphatic heterocycles. The minimum Gasteiger partial charge on any atom is -0.399 e. The van der Waals surface area contributed by atoms with Gasteiger partial charge < -0.3 is 10.5 Å². The average Bonchev–Trinajstić information content (AvgIpc) is 2.26. The standard InChI is InChI=1S/C11H18N2O3S/c1-9(6-7-16-2)13-17(14,15)11-5-3-4-10(12)8-11/h3-5,8-9,13H,6-7,12H2,1-2H3. The van der Waals surface area contributed by atoms with Gasteiger partial charge in [0.2, 0.25) is 10.0 Å². The fraction of sp³-hybridized carbons (Fsp3) is 0.455. The van der Waals surface area contributed by atoms with Crippen LogP contribution < -0.4 is 10.5 Å². The van der Waals surface area contributed by atoms with Gasteiger partial charge in [0.05, 0.1) is 4.90 Å².